The van der Waals surface area contributed by atoms with Gasteiger partial charge in [-0.15, -0.1) is 24.8 Å². The van der Waals surface area contributed by atoms with Crippen molar-refractivity contribution in [2.75, 3.05) is 26.3 Å². The van der Waals surface area contributed by atoms with E-state index in [9.17, 15) is 15.0 Å². The first-order valence-electron chi connectivity index (χ1n) is 11.5. The molecular weight excluding hydrogens is 509 g/mol. The van der Waals surface area contributed by atoms with Crippen molar-refractivity contribution in [2.45, 2.75) is 45.9 Å². The monoisotopic (exact) mass is 545 g/mol. The largest absolute Gasteiger partial charge is 0.506 e. The summed E-state index contributed by atoms with van der Waals surface area (Å²) in [7, 11) is 0. The molecule has 0 fully saturated rings. The third-order valence-electron chi connectivity index (χ3n) is 5.26. The molecule has 196 valence electrons. The van der Waals surface area contributed by atoms with Crippen LogP contribution in [0.1, 0.15) is 37.0 Å². The Bertz CT molecular complexity index is 1070. The Morgan fingerprint density at radius 3 is 2.66 bits per heavy atom. The lowest BCUT2D eigenvalue weighted by Crippen LogP contribution is -2.32. The number of aliphatic hydroxyl groups excluding tert-OH is 1. The quantitative estimate of drug-likeness (QED) is 0.155. The van der Waals surface area contributed by atoms with Gasteiger partial charge in [-0.3, -0.25) is 10.1 Å². The van der Waals surface area contributed by atoms with Gasteiger partial charge in [0.05, 0.1) is 4.70 Å². The van der Waals surface area contributed by atoms with Gasteiger partial charge in [-0.1, -0.05) is 55.5 Å². The maximum atomic E-state index is 11.6. The van der Waals surface area contributed by atoms with Crippen LogP contribution in [-0.4, -0.2) is 47.7 Å². The summed E-state index contributed by atoms with van der Waals surface area (Å²) in [6.07, 6.45) is 1.42. The van der Waals surface area contributed by atoms with Gasteiger partial charge in [0.15, 0.2) is 0 Å². The molecule has 0 saturated heterocycles. The molecular formula is C25H37Cl2N3O4S. The number of H-pyrrole nitrogens is 1. The lowest BCUT2D eigenvalue weighted by molar-refractivity contribution is 0.108. The van der Waals surface area contributed by atoms with E-state index in [0.717, 1.165) is 56.0 Å². The zero-order chi connectivity index (χ0) is 23.6. The second-order valence-electron chi connectivity index (χ2n) is 8.71. The number of aromatic amines is 1. The maximum absolute atomic E-state index is 11.6. The molecule has 0 spiro atoms. The van der Waals surface area contributed by atoms with Crippen LogP contribution >= 0.6 is 36.2 Å². The van der Waals surface area contributed by atoms with Crippen LogP contribution in [0.2, 0.25) is 0 Å². The summed E-state index contributed by atoms with van der Waals surface area (Å²) < 4.78 is 6.29. The first kappa shape index (κ1) is 31.4. The Hall–Kier alpha value is -1.65. The molecule has 1 aromatic heterocycles. The van der Waals surface area contributed by atoms with Crippen molar-refractivity contribution in [3.05, 3.63) is 62.8 Å². The third-order valence-corrected chi connectivity index (χ3v) is 6.22. The molecule has 0 amide bonds. The van der Waals surface area contributed by atoms with Crippen LogP contribution < -0.4 is 15.5 Å². The molecule has 0 saturated carbocycles. The van der Waals surface area contributed by atoms with Crippen molar-refractivity contribution < 1.29 is 14.9 Å². The van der Waals surface area contributed by atoms with Gasteiger partial charge in [0.1, 0.15) is 17.5 Å². The second-order valence-corrected chi connectivity index (χ2v) is 9.69. The molecule has 0 aliphatic carbocycles. The number of benzene rings is 2. The minimum absolute atomic E-state index is 0. The Morgan fingerprint density at radius 2 is 1.89 bits per heavy atom. The molecule has 0 aliphatic rings. The molecule has 3 aromatic rings. The zero-order valence-corrected chi connectivity index (χ0v) is 22.7. The van der Waals surface area contributed by atoms with Crippen molar-refractivity contribution in [2.24, 2.45) is 5.92 Å². The third kappa shape index (κ3) is 10.5. The van der Waals surface area contributed by atoms with E-state index >= 15 is 0 Å². The first-order valence-corrected chi connectivity index (χ1v) is 12.4. The van der Waals surface area contributed by atoms with Crippen LogP contribution in [0, 0.1) is 5.92 Å². The molecule has 5 N–H and O–H groups in total. The molecule has 1 heterocycles. The highest BCUT2D eigenvalue weighted by atomic mass is 35.5. The molecule has 1 atom stereocenters. The van der Waals surface area contributed by atoms with E-state index in [2.05, 4.69) is 53.7 Å². The van der Waals surface area contributed by atoms with E-state index in [0.29, 0.717) is 29.1 Å². The number of aromatic nitrogens is 1. The molecule has 10 heteroatoms. The molecule has 0 radical (unpaired) electrons. The molecule has 7 nitrogen and oxygen atoms in total. The van der Waals surface area contributed by atoms with Gasteiger partial charge in [-0.25, -0.2) is 0 Å². The fourth-order valence-corrected chi connectivity index (χ4v) is 4.52. The standard InChI is InChI=1S/C25H35N3O4S.2ClH/c1-17(2)16-32-12-4-10-26-15-19-6-3-5-18(13-19)9-11-27-22(30)14-20-7-8-21(29)23-24(20)33-25(31)28-23;;/h3,5-8,13,17,22,26-27,29-30H,4,9-12,14-16H2,1-2H3,(H,28,31);2*1H. The van der Waals surface area contributed by atoms with Crippen LogP contribution in [0.15, 0.2) is 41.2 Å². The van der Waals surface area contributed by atoms with E-state index in [1.54, 1.807) is 12.1 Å². The van der Waals surface area contributed by atoms with Crippen LogP contribution in [0.25, 0.3) is 10.2 Å². The smallest absolute Gasteiger partial charge is 0.305 e. The second kappa shape index (κ2) is 16.2. The molecule has 3 rings (SSSR count). The van der Waals surface area contributed by atoms with Gasteiger partial charge in [0.2, 0.25) is 0 Å². The fraction of sp³-hybridized carbons (Fsp3) is 0.480. The normalized spacial score (nSPS) is 11.9. The number of hydrogen-bond donors (Lipinski definition) is 5. The lowest BCUT2D eigenvalue weighted by atomic mass is 10.1. The number of fused-ring (bicyclic) bond motifs is 1. The highest BCUT2D eigenvalue weighted by Crippen LogP contribution is 2.28. The van der Waals surface area contributed by atoms with Crippen molar-refractivity contribution in [3.8, 4) is 5.75 Å². The summed E-state index contributed by atoms with van der Waals surface area (Å²) in [5.74, 6) is 0.621. The van der Waals surface area contributed by atoms with Crippen LogP contribution in [0.5, 0.6) is 5.75 Å². The molecule has 2 aromatic carbocycles. The number of rotatable bonds is 14. The molecule has 35 heavy (non-hydrogen) atoms. The van der Waals surface area contributed by atoms with E-state index < -0.39 is 6.23 Å². The summed E-state index contributed by atoms with van der Waals surface area (Å²) in [6.45, 7) is 8.30. The highest BCUT2D eigenvalue weighted by molar-refractivity contribution is 7.16. The van der Waals surface area contributed by atoms with Crippen LogP contribution in [0.4, 0.5) is 0 Å². The van der Waals surface area contributed by atoms with Gasteiger partial charge in [-0.05, 0) is 48.1 Å². The van der Waals surface area contributed by atoms with Gasteiger partial charge in [-0.2, -0.15) is 0 Å². The van der Waals surface area contributed by atoms with Crippen LogP contribution in [0.3, 0.4) is 0 Å². The van der Waals surface area contributed by atoms with Crippen molar-refractivity contribution in [1.29, 1.82) is 0 Å². The fourth-order valence-electron chi connectivity index (χ4n) is 3.64. The van der Waals surface area contributed by atoms with Gasteiger partial charge in [0.25, 0.3) is 0 Å². The van der Waals surface area contributed by atoms with E-state index in [4.69, 9.17) is 4.74 Å². The summed E-state index contributed by atoms with van der Waals surface area (Å²) in [6, 6.07) is 11.8. The first-order chi connectivity index (χ1) is 15.9. The zero-order valence-electron chi connectivity index (χ0n) is 20.2. The number of halogens is 2. The average molecular weight is 547 g/mol. The van der Waals surface area contributed by atoms with E-state index in [1.165, 1.54) is 11.1 Å². The van der Waals surface area contributed by atoms with Crippen molar-refractivity contribution in [3.63, 3.8) is 0 Å². The molecule has 0 bridgehead atoms. The van der Waals surface area contributed by atoms with Gasteiger partial charge in [0, 0.05) is 32.7 Å². The topological polar surface area (TPSA) is 107 Å². The Kier molecular flexibility index (Phi) is 14.5. The minimum Gasteiger partial charge on any atom is -0.506 e. The number of aromatic hydroxyl groups is 1. The Morgan fingerprint density at radius 1 is 1.11 bits per heavy atom. The van der Waals surface area contributed by atoms with Gasteiger partial charge >= 0.3 is 4.87 Å². The number of nitrogens with one attached hydrogen (secondary N) is 3. The summed E-state index contributed by atoms with van der Waals surface area (Å²) in [5.41, 5.74) is 3.71. The predicted octanol–water partition coefficient (Wildman–Crippen LogP) is 3.98. The SMILES string of the molecule is CC(C)COCCCNCc1cccc(CCNC(O)Cc2ccc(O)c3[nH]c(=O)sc23)c1.Cl.Cl. The number of hydrogen-bond acceptors (Lipinski definition) is 7. The summed E-state index contributed by atoms with van der Waals surface area (Å²) in [5, 5.41) is 26.9. The average Bonchev–Trinajstić information content (AvgIpc) is 3.18. The predicted molar refractivity (Wildman–Crippen MR) is 148 cm³/mol. The maximum Gasteiger partial charge on any atom is 0.305 e. The highest BCUT2D eigenvalue weighted by Gasteiger charge is 2.13. The Labute approximate surface area is 223 Å². The molecule has 1 unspecified atom stereocenters. The summed E-state index contributed by atoms with van der Waals surface area (Å²) >= 11 is 1.05. The summed E-state index contributed by atoms with van der Waals surface area (Å²) in [4.78, 5) is 14.1. The van der Waals surface area contributed by atoms with E-state index in [-0.39, 0.29) is 35.4 Å². The van der Waals surface area contributed by atoms with Crippen molar-refractivity contribution >= 4 is 46.4 Å². The van der Waals surface area contributed by atoms with Gasteiger partial charge < -0.3 is 25.3 Å². The number of thiazole rings is 1. The molecule has 0 aliphatic heterocycles. The minimum atomic E-state index is -0.738. The van der Waals surface area contributed by atoms with E-state index in [1.807, 2.05) is 0 Å². The number of phenolic OH excluding ortho intramolecular Hbond substituents is 1. The number of aliphatic hydroxyl groups is 1. The lowest BCUT2D eigenvalue weighted by Gasteiger charge is -2.14. The van der Waals surface area contributed by atoms with Crippen molar-refractivity contribution in [1.82, 2.24) is 15.6 Å². The number of ether oxygens (including phenoxy) is 1. The number of phenols is 1. The van der Waals surface area contributed by atoms with Crippen LogP contribution in [-0.2, 0) is 24.1 Å². The Balaban J connectivity index is 0.00000306.